The fourth-order valence-electron chi connectivity index (χ4n) is 2.68. The van der Waals surface area contributed by atoms with Crippen molar-refractivity contribution in [3.05, 3.63) is 18.0 Å². The molecule has 0 aromatic carbocycles. The number of ether oxygens (including phenoxy) is 1. The van der Waals surface area contributed by atoms with Gasteiger partial charge in [-0.1, -0.05) is 12.8 Å². The molecule has 2 N–H and O–H groups in total. The summed E-state index contributed by atoms with van der Waals surface area (Å²) in [5, 5.41) is 4.37. The van der Waals surface area contributed by atoms with Crippen molar-refractivity contribution in [3.8, 4) is 0 Å². The topological polar surface area (TPSA) is 53.1 Å². The van der Waals surface area contributed by atoms with Gasteiger partial charge in [0.1, 0.15) is 0 Å². The molecule has 0 spiro atoms. The Kier molecular flexibility index (Phi) is 3.30. The maximum atomic E-state index is 6.29. The summed E-state index contributed by atoms with van der Waals surface area (Å²) in [5.74, 6) is 0. The molecule has 1 aliphatic carbocycles. The third-order valence-corrected chi connectivity index (χ3v) is 3.73. The van der Waals surface area contributed by atoms with Crippen LogP contribution in [0, 0.1) is 0 Å². The Bertz CT molecular complexity index is 342. The number of nitrogens with two attached hydrogens (primary N) is 1. The number of hydrogen-bond acceptors (Lipinski definition) is 3. The minimum atomic E-state index is -0.114. The van der Waals surface area contributed by atoms with Crippen molar-refractivity contribution >= 4 is 0 Å². The molecule has 2 rings (SSSR count). The van der Waals surface area contributed by atoms with Crippen LogP contribution in [0.3, 0.4) is 0 Å². The predicted molar refractivity (Wildman–Crippen MR) is 63.1 cm³/mol. The third-order valence-electron chi connectivity index (χ3n) is 3.73. The Morgan fingerprint density at radius 3 is 2.75 bits per heavy atom. The van der Waals surface area contributed by atoms with Gasteiger partial charge in [0.25, 0.3) is 0 Å². The van der Waals surface area contributed by atoms with E-state index in [1.54, 1.807) is 7.11 Å². The van der Waals surface area contributed by atoms with Gasteiger partial charge in [0.05, 0.1) is 11.3 Å². The first-order valence-electron chi connectivity index (χ1n) is 5.95. The fourth-order valence-corrected chi connectivity index (χ4v) is 2.68. The summed E-state index contributed by atoms with van der Waals surface area (Å²) in [4.78, 5) is 0. The van der Waals surface area contributed by atoms with Gasteiger partial charge in [-0.25, -0.2) is 0 Å². The molecule has 4 nitrogen and oxygen atoms in total. The molecule has 1 aromatic rings. The molecule has 0 saturated heterocycles. The zero-order valence-corrected chi connectivity index (χ0v) is 10.1. The van der Waals surface area contributed by atoms with Crippen molar-refractivity contribution < 1.29 is 4.74 Å². The van der Waals surface area contributed by atoms with Crippen molar-refractivity contribution in [2.24, 2.45) is 12.8 Å². The molecular formula is C12H21N3O. The summed E-state index contributed by atoms with van der Waals surface area (Å²) >= 11 is 0. The van der Waals surface area contributed by atoms with Crippen LogP contribution in [-0.2, 0) is 18.2 Å². The highest BCUT2D eigenvalue weighted by atomic mass is 16.5. The minimum Gasteiger partial charge on any atom is -0.377 e. The van der Waals surface area contributed by atoms with E-state index in [4.69, 9.17) is 10.5 Å². The zero-order chi connectivity index (χ0) is 11.6. The summed E-state index contributed by atoms with van der Waals surface area (Å²) in [5.41, 5.74) is 7.23. The lowest BCUT2D eigenvalue weighted by molar-refractivity contribution is -0.0255. The van der Waals surface area contributed by atoms with Crippen LogP contribution in [0.25, 0.3) is 0 Å². The Labute approximate surface area is 96.8 Å². The van der Waals surface area contributed by atoms with Crippen LogP contribution in [0.2, 0.25) is 0 Å². The van der Waals surface area contributed by atoms with E-state index in [9.17, 15) is 0 Å². The maximum absolute atomic E-state index is 6.29. The van der Waals surface area contributed by atoms with Crippen molar-refractivity contribution in [2.45, 2.75) is 43.7 Å². The van der Waals surface area contributed by atoms with E-state index in [2.05, 4.69) is 5.10 Å². The van der Waals surface area contributed by atoms with E-state index in [0.717, 1.165) is 25.0 Å². The molecule has 4 heteroatoms. The number of aromatic nitrogens is 2. The van der Waals surface area contributed by atoms with Crippen LogP contribution >= 0.6 is 0 Å². The zero-order valence-electron chi connectivity index (χ0n) is 10.1. The molecule has 0 aliphatic heterocycles. The van der Waals surface area contributed by atoms with Crippen molar-refractivity contribution in [1.29, 1.82) is 0 Å². The molecule has 90 valence electrons. The lowest BCUT2D eigenvalue weighted by Gasteiger charge is -2.33. The van der Waals surface area contributed by atoms with Crippen LogP contribution in [0.1, 0.15) is 31.4 Å². The van der Waals surface area contributed by atoms with E-state index < -0.39 is 0 Å². The molecule has 1 unspecified atom stereocenters. The lowest BCUT2D eigenvalue weighted by atomic mass is 9.89. The van der Waals surface area contributed by atoms with Gasteiger partial charge in [0.2, 0.25) is 0 Å². The molecule has 0 bridgehead atoms. The first kappa shape index (κ1) is 11.6. The van der Waals surface area contributed by atoms with Gasteiger partial charge in [-0.15, -0.1) is 0 Å². The van der Waals surface area contributed by atoms with Crippen LogP contribution in [0.15, 0.2) is 12.3 Å². The lowest BCUT2D eigenvalue weighted by Crippen LogP contribution is -2.48. The van der Waals surface area contributed by atoms with Crippen LogP contribution in [-0.4, -0.2) is 28.5 Å². The monoisotopic (exact) mass is 223 g/mol. The Morgan fingerprint density at radius 1 is 1.56 bits per heavy atom. The smallest absolute Gasteiger partial charge is 0.0832 e. The summed E-state index contributed by atoms with van der Waals surface area (Å²) < 4.78 is 7.50. The van der Waals surface area contributed by atoms with E-state index in [1.165, 1.54) is 12.8 Å². The van der Waals surface area contributed by atoms with Crippen LogP contribution < -0.4 is 5.73 Å². The third kappa shape index (κ3) is 2.13. The van der Waals surface area contributed by atoms with Gasteiger partial charge in [0.15, 0.2) is 0 Å². The molecular weight excluding hydrogens is 202 g/mol. The number of methoxy groups -OCH3 is 1. The number of nitrogens with zero attached hydrogens (tertiary/aromatic N) is 2. The molecule has 1 heterocycles. The maximum Gasteiger partial charge on any atom is 0.0832 e. The Balaban J connectivity index is 2.03. The quantitative estimate of drug-likeness (QED) is 0.835. The second-order valence-electron chi connectivity index (χ2n) is 4.77. The van der Waals surface area contributed by atoms with E-state index >= 15 is 0 Å². The van der Waals surface area contributed by atoms with E-state index in [0.29, 0.717) is 0 Å². The number of rotatable bonds is 4. The molecule has 1 aliphatic rings. The minimum absolute atomic E-state index is 0.0508. The standard InChI is InChI=1S/C12H21N3O/c1-15-8-5-10(14-15)9-11(13)12(16-2)6-3-4-7-12/h5,8,11H,3-4,6-7,9,13H2,1-2H3. The van der Waals surface area contributed by atoms with Crippen molar-refractivity contribution in [2.75, 3.05) is 7.11 Å². The Hall–Kier alpha value is -0.870. The predicted octanol–water partition coefficient (Wildman–Crippen LogP) is 1.25. The average molecular weight is 223 g/mol. The molecule has 16 heavy (non-hydrogen) atoms. The van der Waals surface area contributed by atoms with Crippen LogP contribution in [0.5, 0.6) is 0 Å². The van der Waals surface area contributed by atoms with Gasteiger partial charge in [-0.3, -0.25) is 4.68 Å². The summed E-state index contributed by atoms with van der Waals surface area (Å²) in [7, 11) is 3.71. The first-order valence-corrected chi connectivity index (χ1v) is 5.95. The fraction of sp³-hybridized carbons (Fsp3) is 0.750. The first-order chi connectivity index (χ1) is 7.66. The SMILES string of the molecule is COC1(C(N)Cc2ccn(C)n2)CCCC1. The normalized spacial score (nSPS) is 21.2. The largest absolute Gasteiger partial charge is 0.377 e. The summed E-state index contributed by atoms with van der Waals surface area (Å²) in [6.07, 6.45) is 7.37. The second kappa shape index (κ2) is 4.55. The summed E-state index contributed by atoms with van der Waals surface area (Å²) in [6.45, 7) is 0. The molecule has 0 radical (unpaired) electrons. The highest BCUT2D eigenvalue weighted by molar-refractivity contribution is 5.06. The van der Waals surface area contributed by atoms with Gasteiger partial charge < -0.3 is 10.5 Å². The Morgan fingerprint density at radius 2 is 2.25 bits per heavy atom. The van der Waals surface area contributed by atoms with Crippen molar-refractivity contribution in [1.82, 2.24) is 9.78 Å². The molecule has 0 amide bonds. The van der Waals surface area contributed by atoms with Gasteiger partial charge >= 0.3 is 0 Å². The highest BCUT2D eigenvalue weighted by Crippen LogP contribution is 2.35. The molecule has 1 atom stereocenters. The average Bonchev–Trinajstić information content (AvgIpc) is 2.88. The second-order valence-corrected chi connectivity index (χ2v) is 4.77. The van der Waals surface area contributed by atoms with Crippen LogP contribution in [0.4, 0.5) is 0 Å². The summed E-state index contributed by atoms with van der Waals surface area (Å²) in [6, 6.07) is 2.08. The van der Waals surface area contributed by atoms with E-state index in [1.807, 2.05) is 24.0 Å². The molecule has 1 aromatic heterocycles. The van der Waals surface area contributed by atoms with Crippen molar-refractivity contribution in [3.63, 3.8) is 0 Å². The number of aryl methyl sites for hydroxylation is 1. The number of hydrogen-bond donors (Lipinski definition) is 1. The van der Waals surface area contributed by atoms with E-state index in [-0.39, 0.29) is 11.6 Å². The molecule has 1 saturated carbocycles. The van der Waals surface area contributed by atoms with Gasteiger partial charge in [-0.05, 0) is 18.9 Å². The van der Waals surface area contributed by atoms with Gasteiger partial charge in [-0.2, -0.15) is 5.10 Å². The van der Waals surface area contributed by atoms with Gasteiger partial charge in [0, 0.05) is 32.8 Å². The molecule has 1 fully saturated rings. The highest BCUT2D eigenvalue weighted by Gasteiger charge is 2.39.